The Hall–Kier alpha value is -1.12. The third kappa shape index (κ3) is 4.42. The van der Waals surface area contributed by atoms with E-state index in [1.807, 2.05) is 0 Å². The molecular formula is C13H21N3O3S2. The number of primary sulfonamides is 1. The summed E-state index contributed by atoms with van der Waals surface area (Å²) in [6, 6.07) is 1.21. The third-order valence-electron chi connectivity index (χ3n) is 3.62. The predicted molar refractivity (Wildman–Crippen MR) is 83.8 cm³/mol. The monoisotopic (exact) mass is 331 g/mol. The van der Waals surface area contributed by atoms with Gasteiger partial charge in [-0.25, -0.2) is 18.4 Å². The average molecular weight is 331 g/mol. The van der Waals surface area contributed by atoms with Crippen LogP contribution in [-0.2, 0) is 10.0 Å². The molecule has 1 aromatic rings. The van der Waals surface area contributed by atoms with Crippen LogP contribution in [0.5, 0.6) is 0 Å². The normalized spacial score (nSPS) is 23.7. The van der Waals surface area contributed by atoms with Crippen LogP contribution in [0, 0.1) is 11.8 Å². The van der Waals surface area contributed by atoms with Gasteiger partial charge in [0.1, 0.15) is 4.21 Å². The van der Waals surface area contributed by atoms with Crippen molar-refractivity contribution in [3.05, 3.63) is 11.4 Å². The molecule has 118 valence electrons. The van der Waals surface area contributed by atoms with Crippen molar-refractivity contribution in [3.63, 3.8) is 0 Å². The predicted octanol–water partition coefficient (Wildman–Crippen LogP) is 2.30. The third-order valence-corrected chi connectivity index (χ3v) is 6.01. The largest absolute Gasteiger partial charge is 0.324 e. The highest BCUT2D eigenvalue weighted by Gasteiger charge is 2.23. The summed E-state index contributed by atoms with van der Waals surface area (Å²) in [7, 11) is -3.71. The summed E-state index contributed by atoms with van der Waals surface area (Å²) in [6.45, 7) is 5.80. The Kier molecular flexibility index (Phi) is 4.90. The van der Waals surface area contributed by atoms with Crippen molar-refractivity contribution in [2.45, 2.75) is 30.9 Å². The molecule has 2 atom stereocenters. The SMILES string of the molecule is C[C@@H]1CCN(C(=O)Nc2csc(S(N)(=O)=O)c2)C[C@H](C)C1. The van der Waals surface area contributed by atoms with E-state index in [-0.39, 0.29) is 10.2 Å². The van der Waals surface area contributed by atoms with Gasteiger partial charge < -0.3 is 10.2 Å². The summed E-state index contributed by atoms with van der Waals surface area (Å²) in [4.78, 5) is 14.1. The Morgan fingerprint density at radius 3 is 2.76 bits per heavy atom. The lowest BCUT2D eigenvalue weighted by molar-refractivity contribution is 0.207. The fourth-order valence-corrected chi connectivity index (χ4v) is 4.18. The quantitative estimate of drug-likeness (QED) is 0.871. The number of urea groups is 1. The van der Waals surface area contributed by atoms with Crippen LogP contribution in [0.3, 0.4) is 0 Å². The second-order valence-corrected chi connectivity index (χ2v) is 8.51. The van der Waals surface area contributed by atoms with Crippen molar-refractivity contribution in [3.8, 4) is 0 Å². The second kappa shape index (κ2) is 6.33. The lowest BCUT2D eigenvalue weighted by atomic mass is 9.97. The van der Waals surface area contributed by atoms with Crippen LogP contribution in [0.2, 0.25) is 0 Å². The van der Waals surface area contributed by atoms with Crippen LogP contribution in [0.4, 0.5) is 10.5 Å². The highest BCUT2D eigenvalue weighted by Crippen LogP contribution is 2.25. The molecule has 6 nitrogen and oxygen atoms in total. The average Bonchev–Trinajstić information content (AvgIpc) is 2.75. The molecule has 1 aromatic heterocycles. The van der Waals surface area contributed by atoms with Gasteiger partial charge in [-0.15, -0.1) is 11.3 Å². The standard InChI is InChI=1S/C13H21N3O3S2/c1-9-3-4-16(7-10(2)5-9)13(17)15-11-6-12(20-8-11)21(14,18)19/h6,8-10H,3-5,7H2,1-2H3,(H,15,17)(H2,14,18,19)/t9-,10-/m1/s1. The van der Waals surface area contributed by atoms with Crippen LogP contribution in [0.15, 0.2) is 15.7 Å². The number of nitrogens with one attached hydrogen (secondary N) is 1. The molecule has 21 heavy (non-hydrogen) atoms. The van der Waals surface area contributed by atoms with Crippen molar-refractivity contribution in [1.82, 2.24) is 4.90 Å². The number of sulfonamides is 1. The maximum absolute atomic E-state index is 12.3. The molecule has 1 saturated heterocycles. The molecule has 0 aliphatic carbocycles. The minimum absolute atomic E-state index is 0.0515. The summed E-state index contributed by atoms with van der Waals surface area (Å²) >= 11 is 1.00. The Bertz CT molecular complexity index is 612. The Labute approximate surface area is 129 Å². The van der Waals surface area contributed by atoms with E-state index in [0.717, 1.165) is 37.3 Å². The molecule has 1 aliphatic rings. The number of rotatable bonds is 2. The molecule has 3 N–H and O–H groups in total. The van der Waals surface area contributed by atoms with Crippen molar-refractivity contribution >= 4 is 33.1 Å². The topological polar surface area (TPSA) is 92.5 Å². The van der Waals surface area contributed by atoms with Crippen molar-refractivity contribution in [2.75, 3.05) is 18.4 Å². The van der Waals surface area contributed by atoms with Crippen molar-refractivity contribution in [2.24, 2.45) is 17.0 Å². The molecule has 0 saturated carbocycles. The first-order valence-corrected chi connectivity index (χ1v) is 9.35. The van der Waals surface area contributed by atoms with E-state index in [1.165, 1.54) is 6.07 Å². The van der Waals surface area contributed by atoms with Crippen LogP contribution in [-0.4, -0.2) is 32.4 Å². The highest BCUT2D eigenvalue weighted by atomic mass is 32.2. The molecule has 2 rings (SSSR count). The van der Waals surface area contributed by atoms with Crippen molar-refractivity contribution in [1.29, 1.82) is 0 Å². The molecule has 0 spiro atoms. The van der Waals surface area contributed by atoms with Gasteiger partial charge in [-0.1, -0.05) is 13.8 Å². The number of hydrogen-bond donors (Lipinski definition) is 2. The Morgan fingerprint density at radius 1 is 1.43 bits per heavy atom. The Morgan fingerprint density at radius 2 is 2.14 bits per heavy atom. The summed E-state index contributed by atoms with van der Waals surface area (Å²) in [5, 5.41) is 9.39. The fourth-order valence-electron chi connectivity index (χ4n) is 2.64. The lowest BCUT2D eigenvalue weighted by Crippen LogP contribution is -2.37. The van der Waals surface area contributed by atoms with Gasteiger partial charge in [-0.05, 0) is 30.7 Å². The van der Waals surface area contributed by atoms with E-state index in [4.69, 9.17) is 5.14 Å². The van der Waals surface area contributed by atoms with E-state index in [2.05, 4.69) is 19.2 Å². The van der Waals surface area contributed by atoms with Gasteiger partial charge in [0, 0.05) is 18.5 Å². The minimum atomic E-state index is -3.71. The first-order valence-electron chi connectivity index (χ1n) is 6.93. The summed E-state index contributed by atoms with van der Waals surface area (Å²) < 4.78 is 22.5. The number of nitrogens with zero attached hydrogens (tertiary/aromatic N) is 1. The zero-order valence-corrected chi connectivity index (χ0v) is 13.8. The number of thiophene rings is 1. The molecule has 2 amide bonds. The highest BCUT2D eigenvalue weighted by molar-refractivity contribution is 7.91. The van der Waals surface area contributed by atoms with Gasteiger partial charge in [0.2, 0.25) is 10.0 Å². The minimum Gasteiger partial charge on any atom is -0.324 e. The van der Waals surface area contributed by atoms with E-state index < -0.39 is 10.0 Å². The lowest BCUT2D eigenvalue weighted by Gasteiger charge is -2.22. The zero-order valence-electron chi connectivity index (χ0n) is 12.2. The fraction of sp³-hybridized carbons (Fsp3) is 0.615. The molecule has 0 unspecified atom stereocenters. The number of likely N-dealkylation sites (tertiary alicyclic amines) is 1. The molecular weight excluding hydrogens is 310 g/mol. The van der Waals surface area contributed by atoms with E-state index in [9.17, 15) is 13.2 Å². The first-order chi connectivity index (χ1) is 9.75. The van der Waals surface area contributed by atoms with E-state index >= 15 is 0 Å². The van der Waals surface area contributed by atoms with Gasteiger partial charge in [0.15, 0.2) is 0 Å². The second-order valence-electron chi connectivity index (χ2n) is 5.81. The smallest absolute Gasteiger partial charge is 0.321 e. The van der Waals surface area contributed by atoms with Gasteiger partial charge in [0.25, 0.3) is 0 Å². The number of nitrogens with two attached hydrogens (primary N) is 1. The first kappa shape index (κ1) is 16.3. The molecule has 0 aromatic carbocycles. The number of amides is 2. The molecule has 8 heteroatoms. The van der Waals surface area contributed by atoms with Gasteiger partial charge >= 0.3 is 6.03 Å². The van der Waals surface area contributed by atoms with Crippen LogP contribution < -0.4 is 10.5 Å². The maximum atomic E-state index is 12.3. The number of carbonyl (C=O) groups excluding carboxylic acids is 1. The van der Waals surface area contributed by atoms with Gasteiger partial charge in [-0.2, -0.15) is 0 Å². The summed E-state index contributed by atoms with van der Waals surface area (Å²) in [5.74, 6) is 1.09. The maximum Gasteiger partial charge on any atom is 0.321 e. The van der Waals surface area contributed by atoms with E-state index in [1.54, 1.807) is 10.3 Å². The summed E-state index contributed by atoms with van der Waals surface area (Å²) in [6.07, 6.45) is 2.11. The number of carbonyl (C=O) groups is 1. The van der Waals surface area contributed by atoms with Crippen LogP contribution in [0.1, 0.15) is 26.7 Å². The molecule has 1 fully saturated rings. The zero-order chi connectivity index (χ0) is 15.6. The Balaban J connectivity index is 2.02. The van der Waals surface area contributed by atoms with E-state index in [0.29, 0.717) is 17.5 Å². The van der Waals surface area contributed by atoms with Gasteiger partial charge in [0.05, 0.1) is 5.69 Å². The number of anilines is 1. The molecule has 1 aliphatic heterocycles. The number of hydrogen-bond acceptors (Lipinski definition) is 4. The van der Waals surface area contributed by atoms with Crippen molar-refractivity contribution < 1.29 is 13.2 Å². The molecule has 0 bridgehead atoms. The van der Waals surface area contributed by atoms with Crippen LogP contribution >= 0.6 is 11.3 Å². The van der Waals surface area contributed by atoms with Gasteiger partial charge in [-0.3, -0.25) is 0 Å². The summed E-state index contributed by atoms with van der Waals surface area (Å²) in [5.41, 5.74) is 0.471. The van der Waals surface area contributed by atoms with Crippen LogP contribution in [0.25, 0.3) is 0 Å². The molecule has 2 heterocycles. The molecule has 0 radical (unpaired) electrons.